The molecule has 0 aromatic heterocycles. The summed E-state index contributed by atoms with van der Waals surface area (Å²) >= 11 is 0. The lowest BCUT2D eigenvalue weighted by Crippen LogP contribution is -2.09. The molecule has 0 spiro atoms. The Labute approximate surface area is 100 Å². The fourth-order valence-electron chi connectivity index (χ4n) is 1.99. The molecule has 0 fully saturated rings. The van der Waals surface area contributed by atoms with Gasteiger partial charge in [0.25, 0.3) is 0 Å². The molecule has 0 saturated heterocycles. The maximum atomic E-state index is 11.5. The van der Waals surface area contributed by atoms with E-state index in [0.717, 1.165) is 29.9 Å². The van der Waals surface area contributed by atoms with Crippen LogP contribution >= 0.6 is 0 Å². The van der Waals surface area contributed by atoms with Gasteiger partial charge in [0.05, 0.1) is 7.11 Å². The van der Waals surface area contributed by atoms with Gasteiger partial charge < -0.3 is 4.74 Å². The van der Waals surface area contributed by atoms with Crippen molar-refractivity contribution in [3.63, 3.8) is 0 Å². The third-order valence-electron chi connectivity index (χ3n) is 3.11. The second-order valence-electron chi connectivity index (χ2n) is 4.57. The minimum Gasteiger partial charge on any atom is -0.466 e. The Morgan fingerprint density at radius 1 is 1.19 bits per heavy atom. The summed E-state index contributed by atoms with van der Waals surface area (Å²) in [7, 11) is 1.45. The summed E-state index contributed by atoms with van der Waals surface area (Å²) in [5, 5.41) is 0. The number of rotatable bonds is 7. The molecule has 0 heterocycles. The number of carbonyl (C=O) groups is 1. The van der Waals surface area contributed by atoms with Gasteiger partial charge in [-0.25, -0.2) is 4.79 Å². The van der Waals surface area contributed by atoms with E-state index in [2.05, 4.69) is 13.8 Å². The van der Waals surface area contributed by atoms with Crippen LogP contribution in [0.15, 0.2) is 11.1 Å². The molecule has 0 rings (SSSR count). The largest absolute Gasteiger partial charge is 0.466 e. The Bertz CT molecular complexity index is 237. The summed E-state index contributed by atoms with van der Waals surface area (Å²) in [4.78, 5) is 11.5. The molecule has 0 saturated carbocycles. The molecule has 2 nitrogen and oxygen atoms in total. The first-order chi connectivity index (χ1) is 7.56. The second kappa shape index (κ2) is 8.37. The van der Waals surface area contributed by atoms with E-state index in [-0.39, 0.29) is 5.97 Å². The molecule has 94 valence electrons. The molecule has 0 bridgehead atoms. The monoisotopic (exact) mass is 226 g/mol. The molecule has 0 aliphatic heterocycles. The van der Waals surface area contributed by atoms with Crippen molar-refractivity contribution in [3.8, 4) is 0 Å². The first-order valence-electron chi connectivity index (χ1n) is 6.31. The quantitative estimate of drug-likeness (QED) is 0.482. The van der Waals surface area contributed by atoms with E-state index in [9.17, 15) is 4.79 Å². The van der Waals surface area contributed by atoms with Crippen LogP contribution < -0.4 is 0 Å². The minimum absolute atomic E-state index is 0.161. The van der Waals surface area contributed by atoms with Gasteiger partial charge in [-0.2, -0.15) is 0 Å². The molecule has 0 aromatic carbocycles. The van der Waals surface area contributed by atoms with Gasteiger partial charge in [-0.05, 0) is 32.6 Å². The van der Waals surface area contributed by atoms with Crippen LogP contribution in [0.1, 0.15) is 59.8 Å². The molecule has 0 aromatic rings. The normalized spacial score (nSPS) is 12.1. The van der Waals surface area contributed by atoms with E-state index in [1.807, 2.05) is 13.8 Å². The van der Waals surface area contributed by atoms with E-state index in [1.165, 1.54) is 26.4 Å². The third kappa shape index (κ3) is 5.34. The van der Waals surface area contributed by atoms with Crippen LogP contribution in [0.2, 0.25) is 0 Å². The predicted molar refractivity (Wildman–Crippen MR) is 68.3 cm³/mol. The molecule has 16 heavy (non-hydrogen) atoms. The van der Waals surface area contributed by atoms with E-state index < -0.39 is 0 Å². The molecule has 0 aliphatic carbocycles. The Balaban J connectivity index is 4.33. The highest BCUT2D eigenvalue weighted by molar-refractivity contribution is 5.89. The summed E-state index contributed by atoms with van der Waals surface area (Å²) in [6, 6.07) is 0. The van der Waals surface area contributed by atoms with Gasteiger partial charge in [0.15, 0.2) is 0 Å². The molecule has 0 N–H and O–H groups in total. The first kappa shape index (κ1) is 15.2. The number of allylic oxidation sites excluding steroid dienone is 1. The zero-order valence-corrected chi connectivity index (χ0v) is 11.4. The number of ether oxygens (including phenoxy) is 1. The van der Waals surface area contributed by atoms with Crippen LogP contribution in [0, 0.1) is 5.92 Å². The van der Waals surface area contributed by atoms with Crippen molar-refractivity contribution in [1.29, 1.82) is 0 Å². The molecule has 0 radical (unpaired) electrons. The average molecular weight is 226 g/mol. The highest BCUT2D eigenvalue weighted by atomic mass is 16.5. The SMILES string of the molecule is CCCC(CC)CCC(C(=O)OC)=C(C)C. The highest BCUT2D eigenvalue weighted by Crippen LogP contribution is 2.22. The highest BCUT2D eigenvalue weighted by Gasteiger charge is 2.13. The van der Waals surface area contributed by atoms with Crippen molar-refractivity contribution in [2.75, 3.05) is 7.11 Å². The zero-order valence-electron chi connectivity index (χ0n) is 11.4. The van der Waals surface area contributed by atoms with Crippen molar-refractivity contribution >= 4 is 5.97 Å². The molecular weight excluding hydrogens is 200 g/mol. The van der Waals surface area contributed by atoms with Crippen molar-refractivity contribution in [3.05, 3.63) is 11.1 Å². The number of carbonyl (C=O) groups excluding carboxylic acids is 1. The van der Waals surface area contributed by atoms with E-state index in [1.54, 1.807) is 0 Å². The summed E-state index contributed by atoms with van der Waals surface area (Å²) in [6.07, 6.45) is 5.63. The van der Waals surface area contributed by atoms with Gasteiger partial charge in [-0.1, -0.05) is 38.7 Å². The van der Waals surface area contributed by atoms with Crippen LogP contribution in [-0.2, 0) is 9.53 Å². The predicted octanol–water partition coefficient (Wildman–Crippen LogP) is 4.10. The van der Waals surface area contributed by atoms with Gasteiger partial charge in [-0.15, -0.1) is 0 Å². The summed E-state index contributed by atoms with van der Waals surface area (Å²) in [5.74, 6) is 0.579. The van der Waals surface area contributed by atoms with Crippen LogP contribution in [0.5, 0.6) is 0 Å². The topological polar surface area (TPSA) is 26.3 Å². The second-order valence-corrected chi connectivity index (χ2v) is 4.57. The van der Waals surface area contributed by atoms with E-state index >= 15 is 0 Å². The fraction of sp³-hybridized carbons (Fsp3) is 0.786. The lowest BCUT2D eigenvalue weighted by atomic mass is 9.92. The van der Waals surface area contributed by atoms with Gasteiger partial charge in [-0.3, -0.25) is 0 Å². The van der Waals surface area contributed by atoms with Gasteiger partial charge in [0.2, 0.25) is 0 Å². The van der Waals surface area contributed by atoms with Crippen LogP contribution in [0.3, 0.4) is 0 Å². The Morgan fingerprint density at radius 2 is 1.81 bits per heavy atom. The third-order valence-corrected chi connectivity index (χ3v) is 3.11. The summed E-state index contributed by atoms with van der Waals surface area (Å²) in [5.41, 5.74) is 1.94. The molecule has 1 unspecified atom stereocenters. The number of hydrogen-bond donors (Lipinski definition) is 0. The van der Waals surface area contributed by atoms with Crippen LogP contribution in [-0.4, -0.2) is 13.1 Å². The smallest absolute Gasteiger partial charge is 0.333 e. The molecule has 1 atom stereocenters. The van der Waals surface area contributed by atoms with Crippen LogP contribution in [0.4, 0.5) is 0 Å². The Kier molecular flexibility index (Phi) is 7.96. The maximum Gasteiger partial charge on any atom is 0.333 e. The maximum absolute atomic E-state index is 11.5. The fourth-order valence-corrected chi connectivity index (χ4v) is 1.99. The van der Waals surface area contributed by atoms with Crippen molar-refractivity contribution in [2.45, 2.75) is 59.8 Å². The average Bonchev–Trinajstić information content (AvgIpc) is 2.26. The van der Waals surface area contributed by atoms with Gasteiger partial charge in [0.1, 0.15) is 0 Å². The van der Waals surface area contributed by atoms with Crippen molar-refractivity contribution < 1.29 is 9.53 Å². The Hall–Kier alpha value is -0.790. The standard InChI is InChI=1S/C14H26O2/c1-6-8-12(7-2)9-10-13(11(3)4)14(15)16-5/h12H,6-10H2,1-5H3. The minimum atomic E-state index is -0.161. The molecule has 2 heteroatoms. The van der Waals surface area contributed by atoms with Gasteiger partial charge in [0, 0.05) is 5.57 Å². The Morgan fingerprint density at radius 3 is 2.19 bits per heavy atom. The first-order valence-corrected chi connectivity index (χ1v) is 6.31. The number of hydrogen-bond acceptors (Lipinski definition) is 2. The lowest BCUT2D eigenvalue weighted by molar-refractivity contribution is -0.136. The van der Waals surface area contributed by atoms with E-state index in [0.29, 0.717) is 0 Å². The van der Waals surface area contributed by atoms with E-state index in [4.69, 9.17) is 4.74 Å². The molecule has 0 aliphatic rings. The van der Waals surface area contributed by atoms with Crippen molar-refractivity contribution in [2.24, 2.45) is 5.92 Å². The van der Waals surface area contributed by atoms with Crippen molar-refractivity contribution in [1.82, 2.24) is 0 Å². The molecular formula is C14H26O2. The van der Waals surface area contributed by atoms with Crippen LogP contribution in [0.25, 0.3) is 0 Å². The number of methoxy groups -OCH3 is 1. The van der Waals surface area contributed by atoms with Gasteiger partial charge >= 0.3 is 5.97 Å². The zero-order chi connectivity index (χ0) is 12.6. The lowest BCUT2D eigenvalue weighted by Gasteiger charge is -2.15. The summed E-state index contributed by atoms with van der Waals surface area (Å²) in [6.45, 7) is 8.39. The number of esters is 1. The molecule has 0 amide bonds. The summed E-state index contributed by atoms with van der Waals surface area (Å²) < 4.78 is 4.80.